The molecule has 1 aromatic heterocycles. The van der Waals surface area contributed by atoms with Crippen molar-refractivity contribution in [2.24, 2.45) is 0 Å². The molecule has 0 saturated carbocycles. The van der Waals surface area contributed by atoms with Gasteiger partial charge in [0.1, 0.15) is 17.3 Å². The minimum Gasteiger partial charge on any atom is -0.457 e. The zero-order valence-corrected chi connectivity index (χ0v) is 19.0. The maximum absolute atomic E-state index is 14.1. The van der Waals surface area contributed by atoms with E-state index < -0.39 is 21.9 Å². The third-order valence-electron chi connectivity index (χ3n) is 4.58. The summed E-state index contributed by atoms with van der Waals surface area (Å²) in [5.74, 6) is -0.478. The fourth-order valence-corrected chi connectivity index (χ4v) is 4.60. The predicted molar refractivity (Wildman–Crippen MR) is 121 cm³/mol. The van der Waals surface area contributed by atoms with Crippen molar-refractivity contribution < 1.29 is 23.3 Å². The lowest BCUT2D eigenvalue weighted by Gasteiger charge is -2.14. The van der Waals surface area contributed by atoms with Crippen LogP contribution in [0.3, 0.4) is 0 Å². The van der Waals surface area contributed by atoms with Crippen molar-refractivity contribution in [1.29, 1.82) is 0 Å². The van der Waals surface area contributed by atoms with Crippen LogP contribution in [0.2, 0.25) is 5.02 Å². The van der Waals surface area contributed by atoms with Crippen molar-refractivity contribution in [3.8, 4) is 11.3 Å². The summed E-state index contributed by atoms with van der Waals surface area (Å²) in [5.41, 5.74) is 0.564. The van der Waals surface area contributed by atoms with E-state index in [1.54, 1.807) is 12.1 Å². The Bertz CT molecular complexity index is 1290. The Morgan fingerprint density at radius 3 is 2.69 bits per heavy atom. The maximum atomic E-state index is 14.1. The molecular weight excluding hydrogens is 527 g/mol. The highest BCUT2D eigenvalue weighted by Gasteiger charge is 2.36. The molecule has 2 aromatic carbocycles. The molecule has 0 radical (unpaired) electrons. The first-order valence-corrected chi connectivity index (χ1v) is 11.0. The van der Waals surface area contributed by atoms with Crippen LogP contribution in [0.15, 0.2) is 62.3 Å². The van der Waals surface area contributed by atoms with E-state index in [0.29, 0.717) is 33.3 Å². The molecule has 1 aliphatic heterocycles. The van der Waals surface area contributed by atoms with E-state index >= 15 is 0 Å². The fourth-order valence-electron chi connectivity index (χ4n) is 3.00. The first-order chi connectivity index (χ1) is 15.2. The van der Waals surface area contributed by atoms with E-state index in [0.717, 1.165) is 4.90 Å². The summed E-state index contributed by atoms with van der Waals surface area (Å²) >= 11 is 10.0. The van der Waals surface area contributed by atoms with E-state index in [1.807, 2.05) is 0 Å². The number of nitro benzene ring substituents is 1. The van der Waals surface area contributed by atoms with Crippen LogP contribution in [0.4, 0.5) is 14.9 Å². The van der Waals surface area contributed by atoms with Gasteiger partial charge < -0.3 is 4.42 Å². The molecule has 7 nitrogen and oxygen atoms in total. The molecule has 0 aliphatic carbocycles. The minimum absolute atomic E-state index is 0.0565. The third kappa shape index (κ3) is 4.34. The van der Waals surface area contributed by atoms with Gasteiger partial charge in [0.05, 0.1) is 16.4 Å². The summed E-state index contributed by atoms with van der Waals surface area (Å²) < 4.78 is 20.3. The number of rotatable bonds is 5. The van der Waals surface area contributed by atoms with Crippen LogP contribution in [0.5, 0.6) is 0 Å². The highest BCUT2D eigenvalue weighted by molar-refractivity contribution is 9.10. The van der Waals surface area contributed by atoms with E-state index in [2.05, 4.69) is 15.9 Å². The summed E-state index contributed by atoms with van der Waals surface area (Å²) in [6.07, 6.45) is 1.41. The second kappa shape index (κ2) is 8.89. The van der Waals surface area contributed by atoms with Crippen molar-refractivity contribution in [3.63, 3.8) is 0 Å². The van der Waals surface area contributed by atoms with Crippen molar-refractivity contribution >= 4 is 62.2 Å². The molecule has 1 saturated heterocycles. The molecule has 32 heavy (non-hydrogen) atoms. The number of nitro groups is 1. The third-order valence-corrected chi connectivity index (χ3v) is 6.50. The Labute approximate surface area is 198 Å². The molecule has 0 N–H and O–H groups in total. The summed E-state index contributed by atoms with van der Waals surface area (Å²) in [4.78, 5) is 36.5. The van der Waals surface area contributed by atoms with Gasteiger partial charge in [-0.15, -0.1) is 0 Å². The molecule has 1 fully saturated rings. The monoisotopic (exact) mass is 536 g/mol. The van der Waals surface area contributed by atoms with Gasteiger partial charge in [-0.1, -0.05) is 17.7 Å². The lowest BCUT2D eigenvalue weighted by Crippen LogP contribution is -2.28. The first-order valence-electron chi connectivity index (χ1n) is 8.97. The van der Waals surface area contributed by atoms with Crippen LogP contribution in [-0.4, -0.2) is 21.0 Å². The summed E-state index contributed by atoms with van der Waals surface area (Å²) in [7, 11) is 0. The molecule has 11 heteroatoms. The molecule has 1 aliphatic rings. The number of carbonyl (C=O) groups excluding carboxylic acids is 2. The van der Waals surface area contributed by atoms with Crippen molar-refractivity contribution in [1.82, 2.24) is 4.90 Å². The number of amides is 2. The van der Waals surface area contributed by atoms with E-state index in [9.17, 15) is 24.1 Å². The molecule has 4 rings (SSSR count). The SMILES string of the molecule is O=C1S/C(=C\c2ccc(-c3ccc([N+](=O)[O-])cc3Br)o2)C(=O)N1Cc1c(F)cccc1Cl. The smallest absolute Gasteiger partial charge is 0.293 e. The van der Waals surface area contributed by atoms with Crippen molar-refractivity contribution in [2.75, 3.05) is 0 Å². The summed E-state index contributed by atoms with van der Waals surface area (Å²) in [6, 6.07) is 11.6. The van der Waals surface area contributed by atoms with Crippen molar-refractivity contribution in [3.05, 3.63) is 90.2 Å². The Morgan fingerprint density at radius 1 is 1.22 bits per heavy atom. The molecule has 2 amide bonds. The number of imide groups is 1. The standard InChI is InChI=1S/C21H11BrClFN2O5S/c22-15-8-11(26(29)30)4-6-13(15)18-7-5-12(31-18)9-19-20(27)25(21(28)32-19)10-14-16(23)2-1-3-17(14)24/h1-9H,10H2/b19-9-. The molecule has 3 aromatic rings. The van der Waals surface area contributed by atoms with Gasteiger partial charge in [0.2, 0.25) is 0 Å². The van der Waals surface area contributed by atoms with Crippen LogP contribution in [0, 0.1) is 15.9 Å². The normalized spacial score (nSPS) is 15.1. The van der Waals surface area contributed by atoms with Gasteiger partial charge in [-0.05, 0) is 58.0 Å². The molecular formula is C21H11BrClFN2O5S. The number of carbonyl (C=O) groups is 2. The van der Waals surface area contributed by atoms with Gasteiger partial charge in [-0.3, -0.25) is 24.6 Å². The molecule has 0 bridgehead atoms. The lowest BCUT2D eigenvalue weighted by molar-refractivity contribution is -0.384. The van der Waals surface area contributed by atoms with Crippen LogP contribution >= 0.6 is 39.3 Å². The molecule has 162 valence electrons. The molecule has 0 atom stereocenters. The minimum atomic E-state index is -0.607. The highest BCUT2D eigenvalue weighted by Crippen LogP contribution is 2.37. The number of nitrogens with zero attached hydrogens (tertiary/aromatic N) is 2. The van der Waals surface area contributed by atoms with E-state index in [4.69, 9.17) is 16.0 Å². The number of benzene rings is 2. The molecule has 2 heterocycles. The number of hydrogen-bond donors (Lipinski definition) is 0. The maximum Gasteiger partial charge on any atom is 0.293 e. The van der Waals surface area contributed by atoms with Crippen LogP contribution in [0.25, 0.3) is 17.4 Å². The topological polar surface area (TPSA) is 93.7 Å². The second-order valence-electron chi connectivity index (χ2n) is 6.59. The van der Waals surface area contributed by atoms with Crippen LogP contribution in [-0.2, 0) is 11.3 Å². The summed E-state index contributed by atoms with van der Waals surface area (Å²) in [6.45, 7) is -0.285. The predicted octanol–water partition coefficient (Wildman–Crippen LogP) is 6.65. The van der Waals surface area contributed by atoms with Gasteiger partial charge in [0.25, 0.3) is 16.8 Å². The lowest BCUT2D eigenvalue weighted by atomic mass is 10.1. The zero-order valence-electron chi connectivity index (χ0n) is 15.9. The average Bonchev–Trinajstić information content (AvgIpc) is 3.30. The highest BCUT2D eigenvalue weighted by atomic mass is 79.9. The second-order valence-corrected chi connectivity index (χ2v) is 8.85. The van der Waals surface area contributed by atoms with Gasteiger partial charge >= 0.3 is 0 Å². The Morgan fingerprint density at radius 2 is 2.00 bits per heavy atom. The van der Waals surface area contributed by atoms with Gasteiger partial charge in [-0.2, -0.15) is 0 Å². The molecule has 0 unspecified atom stereocenters. The average molecular weight is 538 g/mol. The van der Waals surface area contributed by atoms with Crippen molar-refractivity contribution in [2.45, 2.75) is 6.54 Å². The Kier molecular flexibility index (Phi) is 6.18. The van der Waals surface area contributed by atoms with E-state index in [1.165, 1.54) is 42.5 Å². The van der Waals surface area contributed by atoms with Gasteiger partial charge in [-0.25, -0.2) is 4.39 Å². The number of hydrogen-bond acceptors (Lipinski definition) is 6. The van der Waals surface area contributed by atoms with E-state index in [-0.39, 0.29) is 27.7 Å². The number of non-ortho nitro benzene ring substituents is 1. The quantitative estimate of drug-likeness (QED) is 0.206. The largest absolute Gasteiger partial charge is 0.457 e. The Hall–Kier alpha value is -2.95. The van der Waals surface area contributed by atoms with Crippen LogP contribution in [0.1, 0.15) is 11.3 Å². The fraction of sp³-hybridized carbons (Fsp3) is 0.0476. The number of furan rings is 1. The zero-order chi connectivity index (χ0) is 23.0. The Balaban J connectivity index is 1.57. The number of thioether (sulfide) groups is 1. The first kappa shape index (κ1) is 22.3. The van der Waals surface area contributed by atoms with Gasteiger partial charge in [0, 0.05) is 38.8 Å². The number of halogens is 3. The van der Waals surface area contributed by atoms with Crippen LogP contribution < -0.4 is 0 Å². The molecule has 0 spiro atoms. The van der Waals surface area contributed by atoms with Gasteiger partial charge in [0.15, 0.2) is 0 Å². The summed E-state index contributed by atoms with van der Waals surface area (Å²) in [5, 5.41) is 10.5.